The van der Waals surface area contributed by atoms with Crippen molar-refractivity contribution in [1.82, 2.24) is 0 Å². The van der Waals surface area contributed by atoms with Crippen molar-refractivity contribution in [1.29, 1.82) is 0 Å². The van der Waals surface area contributed by atoms with Gasteiger partial charge in [0.1, 0.15) is 0 Å². The van der Waals surface area contributed by atoms with Gasteiger partial charge in [0.05, 0.1) is 6.21 Å². The molecule has 3 heteroatoms. The molecule has 0 heterocycles. The lowest BCUT2D eigenvalue weighted by molar-refractivity contribution is 0.319. The minimum absolute atomic E-state index is 0.172. The van der Waals surface area contributed by atoms with Gasteiger partial charge in [-0.05, 0) is 24.1 Å². The Balaban J connectivity index is 2.67. The molecule has 1 rings (SSSR count). The summed E-state index contributed by atoms with van der Waals surface area (Å²) in [5.41, 5.74) is 1.09. The normalized spacial score (nSPS) is 13.7. The molecule has 0 saturated heterocycles. The fraction of sp³-hybridized carbons (Fsp3) is 0.250. The molecule has 80 valence electrons. The molecule has 1 atom stereocenters. The van der Waals surface area contributed by atoms with E-state index < -0.39 is 0 Å². The molecule has 0 aliphatic rings. The zero-order valence-corrected chi connectivity index (χ0v) is 9.35. The van der Waals surface area contributed by atoms with Crippen LogP contribution in [0.5, 0.6) is 0 Å². The van der Waals surface area contributed by atoms with Gasteiger partial charge in [-0.1, -0.05) is 42.8 Å². The first-order valence-electron chi connectivity index (χ1n) is 4.87. The minimum atomic E-state index is 0.172. The van der Waals surface area contributed by atoms with Gasteiger partial charge in [-0.2, -0.15) is 0 Å². The second-order valence-electron chi connectivity index (χ2n) is 3.25. The predicted molar refractivity (Wildman–Crippen MR) is 64.5 cm³/mol. The van der Waals surface area contributed by atoms with Gasteiger partial charge in [0, 0.05) is 10.9 Å². The molecule has 0 fully saturated rings. The maximum atomic E-state index is 8.42. The third-order valence-corrected chi connectivity index (χ3v) is 2.39. The second-order valence-corrected chi connectivity index (χ2v) is 3.68. The first-order chi connectivity index (χ1) is 7.26. The average molecular weight is 224 g/mol. The van der Waals surface area contributed by atoms with Gasteiger partial charge in [-0.25, -0.2) is 0 Å². The van der Waals surface area contributed by atoms with Crippen molar-refractivity contribution < 1.29 is 5.21 Å². The van der Waals surface area contributed by atoms with Gasteiger partial charge >= 0.3 is 0 Å². The van der Waals surface area contributed by atoms with Crippen LogP contribution in [0.1, 0.15) is 18.9 Å². The standard InChI is InChI=1S/C12H14ClNO/c1-2-10(9-14-15)3-4-11-5-7-12(13)8-6-11/h3-10,15H,2H2,1H3. The Labute approximate surface area is 94.9 Å². The predicted octanol–water partition coefficient (Wildman–Crippen LogP) is 3.84. The Morgan fingerprint density at radius 3 is 2.60 bits per heavy atom. The number of halogens is 1. The van der Waals surface area contributed by atoms with E-state index in [1.165, 1.54) is 6.21 Å². The number of rotatable bonds is 4. The van der Waals surface area contributed by atoms with E-state index in [9.17, 15) is 0 Å². The molecule has 1 aromatic carbocycles. The summed E-state index contributed by atoms with van der Waals surface area (Å²) < 4.78 is 0. The van der Waals surface area contributed by atoms with Crippen LogP contribution < -0.4 is 0 Å². The fourth-order valence-electron chi connectivity index (χ4n) is 1.19. The molecule has 0 saturated carbocycles. The van der Waals surface area contributed by atoms with Crippen LogP contribution in [0.4, 0.5) is 0 Å². The average Bonchev–Trinajstić information content (AvgIpc) is 2.26. The van der Waals surface area contributed by atoms with E-state index in [1.807, 2.05) is 43.3 Å². The van der Waals surface area contributed by atoms with Crippen LogP contribution in [0.2, 0.25) is 5.02 Å². The maximum absolute atomic E-state index is 8.42. The molecule has 0 aliphatic carbocycles. The second kappa shape index (κ2) is 6.25. The van der Waals surface area contributed by atoms with Crippen molar-refractivity contribution in [3.05, 3.63) is 40.9 Å². The Morgan fingerprint density at radius 2 is 2.07 bits per heavy atom. The van der Waals surface area contributed by atoms with Crippen molar-refractivity contribution in [3.8, 4) is 0 Å². The molecular formula is C12H14ClNO. The zero-order valence-electron chi connectivity index (χ0n) is 8.60. The summed E-state index contributed by atoms with van der Waals surface area (Å²) in [5.74, 6) is 0.172. The molecule has 1 N–H and O–H groups in total. The van der Waals surface area contributed by atoms with Crippen molar-refractivity contribution >= 4 is 23.9 Å². The lowest BCUT2D eigenvalue weighted by Crippen LogP contribution is -1.94. The summed E-state index contributed by atoms with van der Waals surface area (Å²) in [6.45, 7) is 2.04. The third kappa shape index (κ3) is 4.17. The Kier molecular flexibility index (Phi) is 4.91. The monoisotopic (exact) mass is 223 g/mol. The van der Waals surface area contributed by atoms with Crippen LogP contribution >= 0.6 is 11.6 Å². The SMILES string of the molecule is CCC(C=Cc1ccc(Cl)cc1)C=NO. The third-order valence-electron chi connectivity index (χ3n) is 2.14. The van der Waals surface area contributed by atoms with Gasteiger partial charge in [-0.3, -0.25) is 0 Å². The van der Waals surface area contributed by atoms with Crippen molar-refractivity contribution in [2.45, 2.75) is 13.3 Å². The van der Waals surface area contributed by atoms with E-state index in [2.05, 4.69) is 5.16 Å². The van der Waals surface area contributed by atoms with Gasteiger partial charge in [0.2, 0.25) is 0 Å². The lowest BCUT2D eigenvalue weighted by Gasteiger charge is -2.00. The maximum Gasteiger partial charge on any atom is 0.0504 e. The molecular weight excluding hydrogens is 210 g/mol. The van der Waals surface area contributed by atoms with Crippen LogP contribution in [0.15, 0.2) is 35.5 Å². The van der Waals surface area contributed by atoms with Crippen LogP contribution in [-0.4, -0.2) is 11.4 Å². The molecule has 0 aliphatic heterocycles. The molecule has 2 nitrogen and oxygen atoms in total. The molecule has 1 aromatic rings. The van der Waals surface area contributed by atoms with E-state index in [4.69, 9.17) is 16.8 Å². The largest absolute Gasteiger partial charge is 0.411 e. The lowest BCUT2D eigenvalue weighted by atomic mass is 10.1. The Bertz CT molecular complexity index is 343. The van der Waals surface area contributed by atoms with Crippen molar-refractivity contribution in [3.63, 3.8) is 0 Å². The van der Waals surface area contributed by atoms with Gasteiger partial charge in [-0.15, -0.1) is 5.16 Å². The summed E-state index contributed by atoms with van der Waals surface area (Å²) >= 11 is 5.77. The molecule has 0 amide bonds. The van der Waals surface area contributed by atoms with Crippen LogP contribution in [0.3, 0.4) is 0 Å². The summed E-state index contributed by atoms with van der Waals surface area (Å²) in [4.78, 5) is 0. The minimum Gasteiger partial charge on any atom is -0.411 e. The van der Waals surface area contributed by atoms with E-state index in [1.54, 1.807) is 0 Å². The highest BCUT2D eigenvalue weighted by Crippen LogP contribution is 2.12. The van der Waals surface area contributed by atoms with Crippen LogP contribution in [0, 0.1) is 5.92 Å². The number of nitrogens with zero attached hydrogens (tertiary/aromatic N) is 1. The van der Waals surface area contributed by atoms with Gasteiger partial charge in [0.25, 0.3) is 0 Å². The number of hydrogen-bond donors (Lipinski definition) is 1. The quantitative estimate of drug-likeness (QED) is 0.470. The molecule has 0 bridgehead atoms. The van der Waals surface area contributed by atoms with Crippen LogP contribution in [-0.2, 0) is 0 Å². The van der Waals surface area contributed by atoms with Crippen molar-refractivity contribution in [2.24, 2.45) is 11.1 Å². The van der Waals surface area contributed by atoms with E-state index in [-0.39, 0.29) is 5.92 Å². The van der Waals surface area contributed by atoms with Gasteiger partial charge < -0.3 is 5.21 Å². The van der Waals surface area contributed by atoms with Crippen molar-refractivity contribution in [2.75, 3.05) is 0 Å². The number of benzene rings is 1. The highest BCUT2D eigenvalue weighted by Gasteiger charge is 1.96. The summed E-state index contributed by atoms with van der Waals surface area (Å²) in [7, 11) is 0. The highest BCUT2D eigenvalue weighted by molar-refractivity contribution is 6.30. The van der Waals surface area contributed by atoms with E-state index >= 15 is 0 Å². The zero-order chi connectivity index (χ0) is 11.1. The van der Waals surface area contributed by atoms with Gasteiger partial charge in [0.15, 0.2) is 0 Å². The molecule has 0 spiro atoms. The number of allylic oxidation sites excluding steroid dienone is 1. The molecule has 0 aromatic heterocycles. The first-order valence-corrected chi connectivity index (χ1v) is 5.25. The summed E-state index contributed by atoms with van der Waals surface area (Å²) in [6, 6.07) is 7.59. The Hall–Kier alpha value is -1.28. The highest BCUT2D eigenvalue weighted by atomic mass is 35.5. The topological polar surface area (TPSA) is 32.6 Å². The molecule has 0 radical (unpaired) electrons. The Morgan fingerprint density at radius 1 is 1.40 bits per heavy atom. The fourth-order valence-corrected chi connectivity index (χ4v) is 1.31. The van der Waals surface area contributed by atoms with E-state index in [0.717, 1.165) is 17.0 Å². The molecule has 1 unspecified atom stereocenters. The summed E-state index contributed by atoms with van der Waals surface area (Å²) in [6.07, 6.45) is 6.43. The number of oxime groups is 1. The smallest absolute Gasteiger partial charge is 0.0504 e. The summed E-state index contributed by atoms with van der Waals surface area (Å²) in [5, 5.41) is 12.2. The van der Waals surface area contributed by atoms with E-state index in [0.29, 0.717) is 0 Å². The molecule has 15 heavy (non-hydrogen) atoms. The van der Waals surface area contributed by atoms with Crippen LogP contribution in [0.25, 0.3) is 6.08 Å². The first kappa shape index (κ1) is 11.8. The number of hydrogen-bond acceptors (Lipinski definition) is 2.